The van der Waals surface area contributed by atoms with Gasteiger partial charge in [0.2, 0.25) is 0 Å². The van der Waals surface area contributed by atoms with Crippen LogP contribution in [0.15, 0.2) is 72.8 Å². The number of β-amino-alcohol motifs (C(OH)–C–C–N with tert-alkyl or cyclic N) is 1. The predicted molar refractivity (Wildman–Crippen MR) is 175 cm³/mol. The number of amides is 1. The molecule has 3 N–H and O–H groups in total. The third kappa shape index (κ3) is 5.59. The van der Waals surface area contributed by atoms with E-state index in [1.807, 2.05) is 59.5 Å². The molecule has 0 saturated carbocycles. The first-order valence-electron chi connectivity index (χ1n) is 16.2. The number of nitrogens with one attached hydrogen (secondary N) is 2. The number of aromatic amines is 1. The van der Waals surface area contributed by atoms with E-state index < -0.39 is 0 Å². The molecule has 7 heteroatoms. The number of benzene rings is 3. The molecule has 4 aromatic rings. The molecular formula is C37H44N4O3. The highest BCUT2D eigenvalue weighted by atomic mass is 16.5. The Morgan fingerprint density at radius 1 is 1.05 bits per heavy atom. The lowest BCUT2D eigenvalue weighted by Gasteiger charge is -2.46. The van der Waals surface area contributed by atoms with Gasteiger partial charge in [-0.15, -0.1) is 0 Å². The first-order chi connectivity index (χ1) is 21.4. The minimum Gasteiger partial charge on any atom is -0.489 e. The Morgan fingerprint density at radius 2 is 1.86 bits per heavy atom. The molecule has 3 aromatic carbocycles. The molecule has 1 aromatic heterocycles. The third-order valence-electron chi connectivity index (χ3n) is 10.5. The molecule has 44 heavy (non-hydrogen) atoms. The summed E-state index contributed by atoms with van der Waals surface area (Å²) in [6, 6.07) is 24.8. The Labute approximate surface area is 260 Å². The number of hydrogen-bond acceptors (Lipinski definition) is 5. The van der Waals surface area contributed by atoms with Crippen LogP contribution in [0.4, 0.5) is 5.69 Å². The molecule has 0 aliphatic carbocycles. The summed E-state index contributed by atoms with van der Waals surface area (Å²) in [5, 5.41) is 15.9. The van der Waals surface area contributed by atoms with Crippen molar-refractivity contribution in [2.75, 3.05) is 44.6 Å². The largest absolute Gasteiger partial charge is 0.489 e. The van der Waals surface area contributed by atoms with Crippen LogP contribution in [0.5, 0.6) is 5.75 Å². The summed E-state index contributed by atoms with van der Waals surface area (Å²) in [6.45, 7) is 10.1. The Balaban J connectivity index is 0.909. The number of carbonyl (C=O) groups is 1. The summed E-state index contributed by atoms with van der Waals surface area (Å²) >= 11 is 0. The SMILES string of the molecule is Cc1ccc2c(c1)NC[C@]21CCN(C[C@@H](O)C2CCN(C(=O)c3cc4ccc(OCc5ccccc5)cc4[nH]3)CC2)C[C@H]1C. The number of carbonyl (C=O) groups excluding carboxylic acids is 1. The number of rotatable bonds is 7. The fraction of sp³-hybridized carbons (Fsp3) is 0.432. The lowest BCUT2D eigenvalue weighted by molar-refractivity contribution is 0.0110. The number of H-pyrrole nitrogens is 1. The molecule has 2 fully saturated rings. The summed E-state index contributed by atoms with van der Waals surface area (Å²) in [6.07, 6.45) is 2.40. The van der Waals surface area contributed by atoms with Crippen molar-refractivity contribution < 1.29 is 14.6 Å². The number of piperidine rings is 2. The smallest absolute Gasteiger partial charge is 0.270 e. The van der Waals surface area contributed by atoms with Crippen LogP contribution in [-0.2, 0) is 12.0 Å². The molecule has 4 heterocycles. The number of aromatic nitrogens is 1. The highest BCUT2D eigenvalue weighted by Gasteiger charge is 2.46. The Morgan fingerprint density at radius 3 is 2.66 bits per heavy atom. The van der Waals surface area contributed by atoms with Crippen LogP contribution in [0, 0.1) is 18.8 Å². The fourth-order valence-electron chi connectivity index (χ4n) is 7.80. The van der Waals surface area contributed by atoms with Gasteiger partial charge in [-0.3, -0.25) is 4.79 Å². The van der Waals surface area contributed by atoms with Gasteiger partial charge in [-0.2, -0.15) is 0 Å². The number of fused-ring (bicyclic) bond motifs is 3. The van der Waals surface area contributed by atoms with Crippen LogP contribution in [0.3, 0.4) is 0 Å². The van der Waals surface area contributed by atoms with Gasteiger partial charge in [0, 0.05) is 60.8 Å². The Kier molecular flexibility index (Phi) is 7.85. The molecule has 3 aliphatic heterocycles. The molecular weight excluding hydrogens is 548 g/mol. The Hall–Kier alpha value is -3.81. The second kappa shape index (κ2) is 11.9. The zero-order valence-electron chi connectivity index (χ0n) is 25.9. The highest BCUT2D eigenvalue weighted by Crippen LogP contribution is 2.47. The lowest BCUT2D eigenvalue weighted by Crippen LogP contribution is -2.52. The van der Waals surface area contributed by atoms with E-state index in [1.165, 1.54) is 16.8 Å². The summed E-state index contributed by atoms with van der Waals surface area (Å²) in [5.74, 6) is 1.53. The van der Waals surface area contributed by atoms with Crippen LogP contribution in [0.2, 0.25) is 0 Å². The van der Waals surface area contributed by atoms with Gasteiger partial charge in [0.1, 0.15) is 18.1 Å². The van der Waals surface area contributed by atoms with Gasteiger partial charge in [-0.25, -0.2) is 0 Å². The van der Waals surface area contributed by atoms with Gasteiger partial charge >= 0.3 is 0 Å². The van der Waals surface area contributed by atoms with Gasteiger partial charge in [-0.1, -0.05) is 49.4 Å². The van der Waals surface area contributed by atoms with Crippen molar-refractivity contribution in [2.45, 2.75) is 51.2 Å². The van der Waals surface area contributed by atoms with Crippen molar-refractivity contribution in [3.8, 4) is 5.75 Å². The second-order valence-corrected chi connectivity index (χ2v) is 13.4. The number of anilines is 1. The molecule has 3 aliphatic rings. The van der Waals surface area contributed by atoms with Crippen LogP contribution in [0.1, 0.15) is 53.4 Å². The van der Waals surface area contributed by atoms with Crippen molar-refractivity contribution in [1.82, 2.24) is 14.8 Å². The maximum atomic E-state index is 13.4. The van der Waals surface area contributed by atoms with Gasteiger partial charge in [0.15, 0.2) is 0 Å². The average Bonchev–Trinajstić information content (AvgIpc) is 3.64. The van der Waals surface area contributed by atoms with E-state index in [-0.39, 0.29) is 23.3 Å². The third-order valence-corrected chi connectivity index (χ3v) is 10.5. The number of hydrogen-bond donors (Lipinski definition) is 3. The molecule has 0 unspecified atom stereocenters. The van der Waals surface area contributed by atoms with E-state index in [0.717, 1.165) is 61.1 Å². The molecule has 0 bridgehead atoms. The summed E-state index contributed by atoms with van der Waals surface area (Å²) in [5.41, 5.74) is 6.88. The van der Waals surface area contributed by atoms with E-state index in [0.29, 0.717) is 37.9 Å². The van der Waals surface area contributed by atoms with Crippen LogP contribution in [0.25, 0.3) is 10.9 Å². The normalized spacial score (nSPS) is 23.1. The molecule has 7 nitrogen and oxygen atoms in total. The van der Waals surface area contributed by atoms with Crippen molar-refractivity contribution in [2.24, 2.45) is 11.8 Å². The van der Waals surface area contributed by atoms with Gasteiger partial charge in [-0.05, 0) is 85.5 Å². The molecule has 7 rings (SSSR count). The monoisotopic (exact) mass is 592 g/mol. The standard InChI is InChI=1S/C37H44N4O3/c1-25-8-11-31-33(18-25)38-24-37(31)14-17-40(21-26(37)2)22-35(42)28-12-15-41(16-13-28)36(43)34-19-29-9-10-30(20-32(29)39-34)44-23-27-6-4-3-5-7-27/h3-11,18-20,26,28,35,38-39,42H,12-17,21-24H2,1-2H3/t26-,35-,37+/m1/s1. The van der Waals surface area contributed by atoms with E-state index in [4.69, 9.17) is 4.74 Å². The average molecular weight is 593 g/mol. The van der Waals surface area contributed by atoms with Crippen LogP contribution in [-0.4, -0.2) is 71.2 Å². The number of nitrogens with zero attached hydrogens (tertiary/aromatic N) is 2. The van der Waals surface area contributed by atoms with Gasteiger partial charge in [0.25, 0.3) is 5.91 Å². The lowest BCUT2D eigenvalue weighted by atomic mass is 9.67. The predicted octanol–water partition coefficient (Wildman–Crippen LogP) is 5.97. The summed E-state index contributed by atoms with van der Waals surface area (Å²) in [4.78, 5) is 21.1. The van der Waals surface area contributed by atoms with Crippen molar-refractivity contribution >= 4 is 22.5 Å². The van der Waals surface area contributed by atoms with Crippen molar-refractivity contribution in [3.05, 3.63) is 95.2 Å². The minimum absolute atomic E-state index is 0.0247. The Bertz CT molecular complexity index is 1630. The summed E-state index contributed by atoms with van der Waals surface area (Å²) in [7, 11) is 0. The number of aryl methyl sites for hydroxylation is 1. The summed E-state index contributed by atoms with van der Waals surface area (Å²) < 4.78 is 5.98. The highest BCUT2D eigenvalue weighted by molar-refractivity contribution is 5.98. The molecule has 0 radical (unpaired) electrons. The van der Waals surface area contributed by atoms with Crippen molar-refractivity contribution in [3.63, 3.8) is 0 Å². The molecule has 2 saturated heterocycles. The number of aliphatic hydroxyl groups is 1. The van der Waals surface area contributed by atoms with E-state index >= 15 is 0 Å². The van der Waals surface area contributed by atoms with Crippen LogP contribution < -0.4 is 10.1 Å². The van der Waals surface area contributed by atoms with Crippen molar-refractivity contribution in [1.29, 1.82) is 0 Å². The van der Waals surface area contributed by atoms with E-state index in [2.05, 4.69) is 47.2 Å². The number of likely N-dealkylation sites (tertiary alicyclic amines) is 2. The zero-order chi connectivity index (χ0) is 30.3. The zero-order valence-corrected chi connectivity index (χ0v) is 25.9. The second-order valence-electron chi connectivity index (χ2n) is 13.4. The quantitative estimate of drug-likeness (QED) is 0.246. The maximum Gasteiger partial charge on any atom is 0.270 e. The van der Waals surface area contributed by atoms with Crippen LogP contribution >= 0.6 is 0 Å². The molecule has 3 atom stereocenters. The topological polar surface area (TPSA) is 80.8 Å². The first kappa shape index (κ1) is 28.9. The van der Waals surface area contributed by atoms with E-state index in [9.17, 15) is 9.90 Å². The van der Waals surface area contributed by atoms with E-state index in [1.54, 1.807) is 0 Å². The first-order valence-corrected chi connectivity index (χ1v) is 16.2. The number of aliphatic hydroxyl groups excluding tert-OH is 1. The molecule has 1 spiro atoms. The minimum atomic E-state index is -0.368. The molecule has 1 amide bonds. The molecule has 230 valence electrons. The van der Waals surface area contributed by atoms with Gasteiger partial charge < -0.3 is 29.9 Å². The van der Waals surface area contributed by atoms with Gasteiger partial charge in [0.05, 0.1) is 6.10 Å². The fourth-order valence-corrected chi connectivity index (χ4v) is 7.80. The number of ether oxygens (including phenoxy) is 1. The maximum absolute atomic E-state index is 13.4.